The van der Waals surface area contributed by atoms with Gasteiger partial charge in [0, 0.05) is 30.4 Å². The van der Waals surface area contributed by atoms with Crippen LogP contribution in [0.2, 0.25) is 0 Å². The molecule has 5 rings (SSSR count). The molecule has 5 heterocycles. The van der Waals surface area contributed by atoms with Crippen LogP contribution < -0.4 is 5.73 Å². The highest BCUT2D eigenvalue weighted by atomic mass is 16.1. The number of amides is 1. The minimum atomic E-state index is -0.300. The summed E-state index contributed by atoms with van der Waals surface area (Å²) in [5, 5.41) is 4.36. The largest absolute Gasteiger partial charge is 0.369 e. The molecule has 0 bridgehead atoms. The Morgan fingerprint density at radius 2 is 2.10 bits per heavy atom. The molecule has 0 aliphatic carbocycles. The van der Waals surface area contributed by atoms with E-state index < -0.39 is 0 Å². The first kappa shape index (κ1) is 19.7. The molecule has 0 aromatic carbocycles. The van der Waals surface area contributed by atoms with Crippen LogP contribution in [0.3, 0.4) is 0 Å². The number of primary amides is 1. The van der Waals surface area contributed by atoms with Crippen molar-refractivity contribution in [2.45, 2.75) is 46.6 Å². The SMILES string of the molecule is Cc1c(-c2[nH]c3cc4c(nc3c2C(C)C)CN(CC(N)=O)CC4)cn2ncnc2c1C. The van der Waals surface area contributed by atoms with E-state index in [-0.39, 0.29) is 18.4 Å². The third-order valence-corrected chi connectivity index (χ3v) is 6.40. The molecule has 0 saturated heterocycles. The van der Waals surface area contributed by atoms with Gasteiger partial charge in [-0.25, -0.2) is 14.5 Å². The van der Waals surface area contributed by atoms with Gasteiger partial charge in [-0.15, -0.1) is 0 Å². The van der Waals surface area contributed by atoms with Crippen molar-refractivity contribution in [3.05, 3.63) is 46.5 Å². The topological polar surface area (TPSA) is 105 Å². The van der Waals surface area contributed by atoms with Crippen molar-refractivity contribution >= 4 is 22.6 Å². The summed E-state index contributed by atoms with van der Waals surface area (Å²) in [6, 6.07) is 2.23. The predicted octanol–water partition coefficient (Wildman–Crippen LogP) is 2.86. The summed E-state index contributed by atoms with van der Waals surface area (Å²) in [4.78, 5) is 26.6. The maximum atomic E-state index is 11.4. The number of nitrogens with zero attached hydrogens (tertiary/aromatic N) is 5. The second-order valence-electron chi connectivity index (χ2n) is 8.81. The molecule has 0 saturated carbocycles. The lowest BCUT2D eigenvalue weighted by Crippen LogP contribution is -2.37. The van der Waals surface area contributed by atoms with E-state index in [2.05, 4.69) is 59.9 Å². The van der Waals surface area contributed by atoms with Crippen molar-refractivity contribution in [3.8, 4) is 11.3 Å². The van der Waals surface area contributed by atoms with E-state index in [1.54, 1.807) is 6.33 Å². The van der Waals surface area contributed by atoms with Crippen molar-refractivity contribution in [1.29, 1.82) is 0 Å². The Hall–Kier alpha value is -3.26. The second-order valence-corrected chi connectivity index (χ2v) is 8.81. The molecule has 0 atom stereocenters. The van der Waals surface area contributed by atoms with Crippen molar-refractivity contribution in [2.24, 2.45) is 5.73 Å². The van der Waals surface area contributed by atoms with Crippen LogP contribution in [0.25, 0.3) is 27.9 Å². The molecule has 3 N–H and O–H groups in total. The van der Waals surface area contributed by atoms with Gasteiger partial charge in [-0.1, -0.05) is 13.8 Å². The normalized spacial score (nSPS) is 14.6. The molecule has 8 nitrogen and oxygen atoms in total. The Labute approximate surface area is 180 Å². The standard InChI is InChI=1S/C23H27N7O/c1-12(2)20-21(16-8-30-23(25-11-26-30)14(4)13(16)3)27-17-7-15-5-6-29(10-19(24)31)9-18(15)28-22(17)20/h7-8,11-12,27H,5-6,9-10H2,1-4H3,(H2,24,31). The van der Waals surface area contributed by atoms with Crippen LogP contribution >= 0.6 is 0 Å². The minimum absolute atomic E-state index is 0.269. The lowest BCUT2D eigenvalue weighted by molar-refractivity contribution is -0.119. The van der Waals surface area contributed by atoms with Crippen molar-refractivity contribution < 1.29 is 4.79 Å². The maximum Gasteiger partial charge on any atom is 0.231 e. The van der Waals surface area contributed by atoms with Gasteiger partial charge in [0.05, 0.1) is 29.0 Å². The Morgan fingerprint density at radius 3 is 2.84 bits per heavy atom. The van der Waals surface area contributed by atoms with Crippen molar-refractivity contribution in [1.82, 2.24) is 29.5 Å². The van der Waals surface area contributed by atoms with Gasteiger partial charge in [0.25, 0.3) is 0 Å². The predicted molar refractivity (Wildman–Crippen MR) is 120 cm³/mol. The van der Waals surface area contributed by atoms with Crippen LogP contribution in [-0.2, 0) is 17.8 Å². The molecule has 1 aliphatic rings. The molecule has 0 spiro atoms. The van der Waals surface area contributed by atoms with Gasteiger partial charge >= 0.3 is 0 Å². The molecule has 0 fully saturated rings. The fourth-order valence-electron chi connectivity index (χ4n) is 4.72. The number of rotatable bonds is 4. The number of aromatic amines is 1. The summed E-state index contributed by atoms with van der Waals surface area (Å²) in [6.45, 7) is 10.3. The third-order valence-electron chi connectivity index (χ3n) is 6.40. The second kappa shape index (κ2) is 7.16. The molecular weight excluding hydrogens is 390 g/mol. The molecule has 0 radical (unpaired) electrons. The first-order valence-corrected chi connectivity index (χ1v) is 10.7. The quantitative estimate of drug-likeness (QED) is 0.531. The first-order chi connectivity index (χ1) is 14.8. The van der Waals surface area contributed by atoms with E-state index in [0.717, 1.165) is 52.2 Å². The Bertz CT molecular complexity index is 1330. The van der Waals surface area contributed by atoms with Crippen molar-refractivity contribution in [2.75, 3.05) is 13.1 Å². The molecule has 1 amide bonds. The lowest BCUT2D eigenvalue weighted by Gasteiger charge is -2.26. The van der Waals surface area contributed by atoms with Gasteiger partial charge in [0.2, 0.25) is 5.91 Å². The zero-order chi connectivity index (χ0) is 21.9. The number of carbonyl (C=O) groups is 1. The number of fused-ring (bicyclic) bond motifs is 3. The average Bonchev–Trinajstić information content (AvgIpc) is 3.32. The van der Waals surface area contributed by atoms with Crippen molar-refractivity contribution in [3.63, 3.8) is 0 Å². The number of nitrogens with two attached hydrogens (primary N) is 1. The third kappa shape index (κ3) is 3.18. The summed E-state index contributed by atoms with van der Waals surface area (Å²) >= 11 is 0. The molecular formula is C23H27N7O. The fraction of sp³-hybridized carbons (Fsp3) is 0.391. The zero-order valence-electron chi connectivity index (χ0n) is 18.4. The number of aromatic nitrogens is 5. The number of H-pyrrole nitrogens is 1. The highest BCUT2D eigenvalue weighted by molar-refractivity contribution is 5.90. The summed E-state index contributed by atoms with van der Waals surface area (Å²) in [7, 11) is 0. The molecule has 0 unspecified atom stereocenters. The van der Waals surface area contributed by atoms with E-state index in [9.17, 15) is 4.79 Å². The van der Waals surface area contributed by atoms with Gasteiger partial charge in [-0.2, -0.15) is 5.10 Å². The molecule has 8 heteroatoms. The Balaban J connectivity index is 1.69. The summed E-state index contributed by atoms with van der Waals surface area (Å²) in [6.07, 6.45) is 4.50. The molecule has 1 aliphatic heterocycles. The lowest BCUT2D eigenvalue weighted by atomic mass is 9.95. The number of aryl methyl sites for hydroxylation is 1. The highest BCUT2D eigenvalue weighted by Crippen LogP contribution is 2.38. The van der Waals surface area contributed by atoms with Crippen LogP contribution in [-0.4, -0.2) is 48.5 Å². The molecule has 4 aromatic heterocycles. The average molecular weight is 418 g/mol. The smallest absolute Gasteiger partial charge is 0.231 e. The van der Waals surface area contributed by atoms with Gasteiger partial charge in [0.15, 0.2) is 5.65 Å². The van der Waals surface area contributed by atoms with Crippen LogP contribution in [0.15, 0.2) is 18.6 Å². The van der Waals surface area contributed by atoms with E-state index in [0.29, 0.717) is 6.54 Å². The molecule has 4 aromatic rings. The van der Waals surface area contributed by atoms with Crippen LogP contribution in [0.4, 0.5) is 0 Å². The highest BCUT2D eigenvalue weighted by Gasteiger charge is 2.24. The van der Waals surface area contributed by atoms with Gasteiger partial charge in [-0.05, 0) is 48.9 Å². The van der Waals surface area contributed by atoms with E-state index >= 15 is 0 Å². The van der Waals surface area contributed by atoms with Gasteiger partial charge in [0.1, 0.15) is 6.33 Å². The maximum absolute atomic E-state index is 11.4. The number of hydrogen-bond donors (Lipinski definition) is 2. The van der Waals surface area contributed by atoms with Crippen LogP contribution in [0.5, 0.6) is 0 Å². The zero-order valence-corrected chi connectivity index (χ0v) is 18.4. The van der Waals surface area contributed by atoms with E-state index in [1.807, 2.05) is 4.52 Å². The van der Waals surface area contributed by atoms with Crippen LogP contribution in [0, 0.1) is 13.8 Å². The number of carbonyl (C=O) groups excluding carboxylic acids is 1. The number of pyridine rings is 2. The number of hydrogen-bond acceptors (Lipinski definition) is 5. The Morgan fingerprint density at radius 1 is 1.29 bits per heavy atom. The Kier molecular flexibility index (Phi) is 4.55. The summed E-state index contributed by atoms with van der Waals surface area (Å²) in [5.74, 6) is -0.0172. The molecule has 160 valence electrons. The van der Waals surface area contributed by atoms with E-state index in [4.69, 9.17) is 10.7 Å². The van der Waals surface area contributed by atoms with Gasteiger partial charge < -0.3 is 10.7 Å². The molecule has 31 heavy (non-hydrogen) atoms. The van der Waals surface area contributed by atoms with Crippen LogP contribution in [0.1, 0.15) is 47.7 Å². The van der Waals surface area contributed by atoms with E-state index in [1.165, 1.54) is 16.7 Å². The number of nitrogens with one attached hydrogen (secondary N) is 1. The fourth-order valence-corrected chi connectivity index (χ4v) is 4.72. The van der Waals surface area contributed by atoms with Gasteiger partial charge in [-0.3, -0.25) is 9.69 Å². The monoisotopic (exact) mass is 417 g/mol. The summed E-state index contributed by atoms with van der Waals surface area (Å²) < 4.78 is 1.84. The first-order valence-electron chi connectivity index (χ1n) is 10.7. The summed E-state index contributed by atoms with van der Waals surface area (Å²) in [5.41, 5.74) is 16.3. The minimum Gasteiger partial charge on any atom is -0.369 e.